The fourth-order valence-electron chi connectivity index (χ4n) is 0.578. The maximum absolute atomic E-state index is 12.5. The molecule has 0 fully saturated rings. The summed E-state index contributed by atoms with van der Waals surface area (Å²) in [7, 11) is 0. The summed E-state index contributed by atoms with van der Waals surface area (Å²) in [6, 6.07) is -2.91. The summed E-state index contributed by atoms with van der Waals surface area (Å²) in [6.45, 7) is -2.76. The van der Waals surface area contributed by atoms with E-state index in [0.29, 0.717) is 0 Å². The SMILES string of the molecule is FC(F)=C(F)OCC(F)(F)C(F)(F)C(F)=C(F)F. The minimum absolute atomic E-state index is 2.76. The molecule has 0 saturated heterocycles. The summed E-state index contributed by atoms with van der Waals surface area (Å²) >= 11 is 0. The summed E-state index contributed by atoms with van der Waals surface area (Å²) in [6.07, 6.45) is -6.96. The van der Waals surface area contributed by atoms with E-state index in [0.717, 1.165) is 0 Å². The summed E-state index contributed by atoms with van der Waals surface area (Å²) in [5.74, 6) is -15.5. The van der Waals surface area contributed by atoms with Crippen molar-refractivity contribution in [3.8, 4) is 0 Å². The van der Waals surface area contributed by atoms with Crippen LogP contribution >= 0.6 is 0 Å². The quantitative estimate of drug-likeness (QED) is 0.539. The van der Waals surface area contributed by atoms with Gasteiger partial charge in [0.15, 0.2) is 6.61 Å². The summed E-state index contributed by atoms with van der Waals surface area (Å²) in [5.41, 5.74) is 0. The molecule has 0 amide bonds. The molecule has 0 N–H and O–H groups in total. The molecule has 0 aromatic carbocycles. The molecule has 0 radical (unpaired) electrons. The number of allylic oxidation sites excluding steroid dienone is 1. The van der Waals surface area contributed by atoms with E-state index in [9.17, 15) is 43.9 Å². The molecule has 106 valence electrons. The molecular weight excluding hydrogens is 290 g/mol. The van der Waals surface area contributed by atoms with Crippen LogP contribution in [0.3, 0.4) is 0 Å². The van der Waals surface area contributed by atoms with Gasteiger partial charge in [0.25, 0.3) is 0 Å². The van der Waals surface area contributed by atoms with Crippen molar-refractivity contribution in [3.05, 3.63) is 24.0 Å². The first-order valence-electron chi connectivity index (χ1n) is 3.74. The van der Waals surface area contributed by atoms with Crippen molar-refractivity contribution in [1.29, 1.82) is 0 Å². The molecule has 0 bridgehead atoms. The number of ether oxygens (including phenoxy) is 1. The van der Waals surface area contributed by atoms with Gasteiger partial charge in [0.2, 0.25) is 5.83 Å². The lowest BCUT2D eigenvalue weighted by molar-refractivity contribution is -0.219. The largest absolute Gasteiger partial charge is 0.460 e. The summed E-state index contributed by atoms with van der Waals surface area (Å²) in [5, 5.41) is 0. The van der Waals surface area contributed by atoms with Gasteiger partial charge in [-0.2, -0.15) is 43.9 Å². The van der Waals surface area contributed by atoms with E-state index < -0.39 is 42.5 Å². The first-order valence-corrected chi connectivity index (χ1v) is 3.74. The third-order valence-corrected chi connectivity index (χ3v) is 1.43. The van der Waals surface area contributed by atoms with Crippen molar-refractivity contribution in [3.63, 3.8) is 0 Å². The van der Waals surface area contributed by atoms with Crippen LogP contribution in [-0.4, -0.2) is 18.5 Å². The Morgan fingerprint density at radius 3 is 1.56 bits per heavy atom. The van der Waals surface area contributed by atoms with Crippen LogP contribution in [0.4, 0.5) is 43.9 Å². The molecule has 0 aliphatic carbocycles. The molecule has 0 saturated carbocycles. The van der Waals surface area contributed by atoms with Crippen LogP contribution < -0.4 is 0 Å². The molecule has 11 heteroatoms. The third-order valence-electron chi connectivity index (χ3n) is 1.43. The molecule has 18 heavy (non-hydrogen) atoms. The highest BCUT2D eigenvalue weighted by molar-refractivity contribution is 5.11. The highest BCUT2D eigenvalue weighted by atomic mass is 19.3. The second-order valence-corrected chi connectivity index (χ2v) is 2.68. The van der Waals surface area contributed by atoms with Gasteiger partial charge in [-0.05, 0) is 0 Å². The van der Waals surface area contributed by atoms with Gasteiger partial charge in [-0.15, -0.1) is 0 Å². The van der Waals surface area contributed by atoms with Crippen LogP contribution in [0.25, 0.3) is 0 Å². The molecule has 1 nitrogen and oxygen atoms in total. The molecule has 0 aliphatic heterocycles. The van der Waals surface area contributed by atoms with E-state index in [4.69, 9.17) is 0 Å². The summed E-state index contributed by atoms with van der Waals surface area (Å²) in [4.78, 5) is 0. The minimum Gasteiger partial charge on any atom is -0.460 e. The van der Waals surface area contributed by atoms with Gasteiger partial charge in [0, 0.05) is 0 Å². The first kappa shape index (κ1) is 16.6. The Balaban J connectivity index is 5.05. The third kappa shape index (κ3) is 3.53. The predicted octanol–water partition coefficient (Wildman–Crippen LogP) is 4.39. The number of alkyl halides is 4. The molecule has 0 rings (SSSR count). The van der Waals surface area contributed by atoms with Crippen molar-refractivity contribution in [2.75, 3.05) is 6.61 Å². The van der Waals surface area contributed by atoms with Crippen molar-refractivity contribution < 1.29 is 48.6 Å². The Hall–Kier alpha value is -1.42. The van der Waals surface area contributed by atoms with Gasteiger partial charge in [0.05, 0.1) is 0 Å². The van der Waals surface area contributed by atoms with Crippen molar-refractivity contribution in [2.45, 2.75) is 11.8 Å². The Kier molecular flexibility index (Phi) is 5.05. The van der Waals surface area contributed by atoms with Crippen LogP contribution in [0.2, 0.25) is 0 Å². The van der Waals surface area contributed by atoms with Gasteiger partial charge in [0.1, 0.15) is 0 Å². The Bertz CT molecular complexity index is 362. The number of rotatable bonds is 5. The average molecular weight is 292 g/mol. The topological polar surface area (TPSA) is 9.23 Å². The van der Waals surface area contributed by atoms with Crippen LogP contribution in [0.5, 0.6) is 0 Å². The Labute approximate surface area is 92.3 Å². The highest BCUT2D eigenvalue weighted by Gasteiger charge is 2.62. The normalized spacial score (nSPS) is 12.1. The maximum Gasteiger partial charge on any atom is 0.369 e. The fraction of sp³-hybridized carbons (Fsp3) is 0.429. The number of halogens is 10. The number of hydrogen-bond acceptors (Lipinski definition) is 1. The minimum atomic E-state index is -6.03. The van der Waals surface area contributed by atoms with Gasteiger partial charge < -0.3 is 4.74 Å². The van der Waals surface area contributed by atoms with E-state index in [1.807, 2.05) is 0 Å². The van der Waals surface area contributed by atoms with Crippen LogP contribution in [-0.2, 0) is 4.74 Å². The average Bonchev–Trinajstić information content (AvgIpc) is 2.23. The molecule has 0 heterocycles. The van der Waals surface area contributed by atoms with E-state index in [1.165, 1.54) is 0 Å². The Morgan fingerprint density at radius 2 is 1.22 bits per heavy atom. The lowest BCUT2D eigenvalue weighted by Gasteiger charge is -2.24. The molecule has 0 spiro atoms. The maximum atomic E-state index is 12.5. The van der Waals surface area contributed by atoms with Crippen LogP contribution in [0, 0.1) is 0 Å². The molecule has 0 unspecified atom stereocenters. The monoisotopic (exact) mass is 292 g/mol. The van der Waals surface area contributed by atoms with E-state index in [1.54, 1.807) is 0 Å². The lowest BCUT2D eigenvalue weighted by atomic mass is 10.1. The second-order valence-electron chi connectivity index (χ2n) is 2.68. The molecular formula is C7H2F10O. The zero-order chi connectivity index (χ0) is 14.7. The molecule has 0 aromatic rings. The van der Waals surface area contributed by atoms with Crippen LogP contribution in [0.15, 0.2) is 24.0 Å². The van der Waals surface area contributed by atoms with Crippen molar-refractivity contribution in [1.82, 2.24) is 0 Å². The van der Waals surface area contributed by atoms with Gasteiger partial charge in [-0.1, -0.05) is 0 Å². The molecule has 0 atom stereocenters. The fourth-order valence-corrected chi connectivity index (χ4v) is 0.578. The van der Waals surface area contributed by atoms with Crippen molar-refractivity contribution >= 4 is 0 Å². The first-order chi connectivity index (χ1) is 7.93. The lowest BCUT2D eigenvalue weighted by Crippen LogP contribution is -2.45. The summed E-state index contributed by atoms with van der Waals surface area (Å²) < 4.78 is 122. The zero-order valence-electron chi connectivity index (χ0n) is 7.89. The van der Waals surface area contributed by atoms with Crippen LogP contribution in [0.1, 0.15) is 0 Å². The van der Waals surface area contributed by atoms with Gasteiger partial charge in [-0.25, -0.2) is 0 Å². The van der Waals surface area contributed by atoms with E-state index >= 15 is 0 Å². The standard InChI is InChI=1S/C7H2F10O/c8-2(3(9)10)7(16,17)6(14,15)1-18-5(13)4(11)12/h1H2. The van der Waals surface area contributed by atoms with E-state index in [2.05, 4.69) is 4.74 Å². The number of hydrogen-bond donors (Lipinski definition) is 0. The highest BCUT2D eigenvalue weighted by Crippen LogP contribution is 2.42. The molecule has 0 aliphatic rings. The second kappa shape index (κ2) is 5.48. The van der Waals surface area contributed by atoms with Gasteiger partial charge in [-0.3, -0.25) is 0 Å². The predicted molar refractivity (Wildman–Crippen MR) is 36.5 cm³/mol. The van der Waals surface area contributed by atoms with E-state index in [-0.39, 0.29) is 0 Å². The smallest absolute Gasteiger partial charge is 0.369 e. The van der Waals surface area contributed by atoms with Gasteiger partial charge >= 0.3 is 30.0 Å². The zero-order valence-corrected chi connectivity index (χ0v) is 7.89. The Morgan fingerprint density at radius 1 is 0.778 bits per heavy atom. The van der Waals surface area contributed by atoms with Crippen molar-refractivity contribution in [2.24, 2.45) is 0 Å². The molecule has 0 aromatic heterocycles.